The van der Waals surface area contributed by atoms with Crippen molar-refractivity contribution in [3.8, 4) is 17.0 Å². The van der Waals surface area contributed by atoms with Gasteiger partial charge >= 0.3 is 0 Å². The highest BCUT2D eigenvalue weighted by Crippen LogP contribution is 2.46. The average molecular weight is 411 g/mol. The molecule has 3 aromatic carbocycles. The summed E-state index contributed by atoms with van der Waals surface area (Å²) >= 11 is 0. The van der Waals surface area contributed by atoms with Crippen LogP contribution in [0.4, 0.5) is 0 Å². The number of rotatable bonds is 5. The van der Waals surface area contributed by atoms with Gasteiger partial charge in [0.15, 0.2) is 0 Å². The Bertz CT molecular complexity index is 1290. The standard InChI is InChI=1S/C27H26N2O2/c1-4-16-29-26(20-12-5-6-13-21(20)27(29)30)24-22-14-7-8-15-23(22)28(2)25(24)18-10-9-11-19(17-18)31-3/h5-15,17,26H,4,16H2,1-3H3/t26-/m1/s1. The van der Waals surface area contributed by atoms with Crippen LogP contribution in [-0.4, -0.2) is 29.0 Å². The minimum atomic E-state index is -0.115. The van der Waals surface area contributed by atoms with Gasteiger partial charge in [-0.05, 0) is 36.2 Å². The van der Waals surface area contributed by atoms with Gasteiger partial charge in [0.25, 0.3) is 5.91 Å². The fourth-order valence-corrected chi connectivity index (χ4v) is 4.97. The Morgan fingerprint density at radius 1 is 0.968 bits per heavy atom. The number of carbonyl (C=O) groups excluding carboxylic acids is 1. The predicted octanol–water partition coefficient (Wildman–Crippen LogP) is 5.81. The molecule has 0 spiro atoms. The summed E-state index contributed by atoms with van der Waals surface area (Å²) in [5, 5.41) is 1.18. The van der Waals surface area contributed by atoms with Crippen molar-refractivity contribution < 1.29 is 9.53 Å². The summed E-state index contributed by atoms with van der Waals surface area (Å²) in [7, 11) is 3.80. The lowest BCUT2D eigenvalue weighted by Gasteiger charge is -2.26. The minimum absolute atomic E-state index is 0.115. The van der Waals surface area contributed by atoms with Crippen molar-refractivity contribution in [1.29, 1.82) is 0 Å². The van der Waals surface area contributed by atoms with Crippen LogP contribution in [0.25, 0.3) is 22.2 Å². The molecule has 0 saturated heterocycles. The number of hydrogen-bond acceptors (Lipinski definition) is 2. The monoisotopic (exact) mass is 410 g/mol. The zero-order valence-electron chi connectivity index (χ0n) is 18.1. The van der Waals surface area contributed by atoms with Gasteiger partial charge in [0.1, 0.15) is 5.75 Å². The van der Waals surface area contributed by atoms with Crippen molar-refractivity contribution in [1.82, 2.24) is 9.47 Å². The van der Waals surface area contributed by atoms with Crippen molar-refractivity contribution in [2.45, 2.75) is 19.4 Å². The molecule has 0 unspecified atom stereocenters. The van der Waals surface area contributed by atoms with Crippen molar-refractivity contribution in [3.05, 3.63) is 89.5 Å². The maximum absolute atomic E-state index is 13.4. The van der Waals surface area contributed by atoms with E-state index in [1.165, 1.54) is 10.9 Å². The van der Waals surface area contributed by atoms with Crippen molar-refractivity contribution in [2.75, 3.05) is 13.7 Å². The number of carbonyl (C=O) groups is 1. The Morgan fingerprint density at radius 3 is 2.55 bits per heavy atom. The van der Waals surface area contributed by atoms with Crippen LogP contribution in [0.1, 0.15) is 40.9 Å². The number of para-hydroxylation sites is 1. The van der Waals surface area contributed by atoms with E-state index in [2.05, 4.69) is 61.0 Å². The quantitative estimate of drug-likeness (QED) is 0.416. The molecule has 1 atom stereocenters. The van der Waals surface area contributed by atoms with Gasteiger partial charge in [-0.25, -0.2) is 0 Å². The lowest BCUT2D eigenvalue weighted by Crippen LogP contribution is -2.29. The molecule has 0 saturated carbocycles. The largest absolute Gasteiger partial charge is 0.497 e. The number of aromatic nitrogens is 1. The van der Waals surface area contributed by atoms with Crippen molar-refractivity contribution in [3.63, 3.8) is 0 Å². The zero-order chi connectivity index (χ0) is 21.5. The van der Waals surface area contributed by atoms with E-state index < -0.39 is 0 Å². The topological polar surface area (TPSA) is 34.5 Å². The predicted molar refractivity (Wildman–Crippen MR) is 125 cm³/mol. The van der Waals surface area contributed by atoms with E-state index >= 15 is 0 Å². The Labute approximate surface area is 182 Å². The average Bonchev–Trinajstić information content (AvgIpc) is 3.25. The number of hydrogen-bond donors (Lipinski definition) is 0. The van der Waals surface area contributed by atoms with Gasteiger partial charge in [-0.2, -0.15) is 0 Å². The summed E-state index contributed by atoms with van der Waals surface area (Å²) < 4.78 is 7.76. The molecule has 1 aliphatic rings. The third-order valence-electron chi connectivity index (χ3n) is 6.29. The fraction of sp³-hybridized carbons (Fsp3) is 0.222. The first-order valence-electron chi connectivity index (χ1n) is 10.8. The van der Waals surface area contributed by atoms with Gasteiger partial charge in [0.05, 0.1) is 18.8 Å². The van der Waals surface area contributed by atoms with Crippen molar-refractivity contribution >= 4 is 16.8 Å². The summed E-state index contributed by atoms with van der Waals surface area (Å²) in [4.78, 5) is 15.4. The smallest absolute Gasteiger partial charge is 0.255 e. The van der Waals surface area contributed by atoms with E-state index in [0.29, 0.717) is 0 Å². The molecule has 1 aliphatic heterocycles. The molecule has 2 heterocycles. The molecule has 5 rings (SSSR count). The molecule has 156 valence electrons. The summed E-state index contributed by atoms with van der Waals surface area (Å²) in [6, 6.07) is 24.6. The Balaban J connectivity index is 1.85. The second-order valence-electron chi connectivity index (χ2n) is 8.06. The van der Waals surface area contributed by atoms with E-state index in [-0.39, 0.29) is 11.9 Å². The molecule has 0 aliphatic carbocycles. The molecule has 0 radical (unpaired) electrons. The molecule has 0 N–H and O–H groups in total. The number of nitrogens with zero attached hydrogens (tertiary/aromatic N) is 2. The summed E-state index contributed by atoms with van der Waals surface area (Å²) in [5.74, 6) is 0.939. The highest BCUT2D eigenvalue weighted by atomic mass is 16.5. The third-order valence-corrected chi connectivity index (χ3v) is 6.29. The van der Waals surface area contributed by atoms with E-state index in [4.69, 9.17) is 4.74 Å². The molecule has 31 heavy (non-hydrogen) atoms. The van der Waals surface area contributed by atoms with Crippen LogP contribution in [-0.2, 0) is 7.05 Å². The number of aryl methyl sites for hydroxylation is 1. The molecule has 4 aromatic rings. The maximum atomic E-state index is 13.4. The van der Waals surface area contributed by atoms with E-state index in [9.17, 15) is 4.79 Å². The van der Waals surface area contributed by atoms with Gasteiger partial charge in [-0.3, -0.25) is 4.79 Å². The minimum Gasteiger partial charge on any atom is -0.497 e. The van der Waals surface area contributed by atoms with Gasteiger partial charge in [0.2, 0.25) is 0 Å². The lowest BCUT2D eigenvalue weighted by atomic mass is 9.93. The Kier molecular flexibility index (Phi) is 4.78. The normalized spacial score (nSPS) is 15.5. The van der Waals surface area contributed by atoms with Crippen LogP contribution in [0.2, 0.25) is 0 Å². The molecular formula is C27H26N2O2. The van der Waals surface area contributed by atoms with Crippen LogP contribution < -0.4 is 4.74 Å². The first-order chi connectivity index (χ1) is 15.2. The van der Waals surface area contributed by atoms with Crippen LogP contribution in [0.3, 0.4) is 0 Å². The van der Waals surface area contributed by atoms with Crippen LogP contribution >= 0.6 is 0 Å². The lowest BCUT2D eigenvalue weighted by molar-refractivity contribution is 0.0751. The number of fused-ring (bicyclic) bond motifs is 2. The number of amides is 1. The molecule has 0 bridgehead atoms. The van der Waals surface area contributed by atoms with E-state index in [0.717, 1.165) is 46.6 Å². The molecule has 4 heteroatoms. The third kappa shape index (κ3) is 2.94. The van der Waals surface area contributed by atoms with E-state index in [1.54, 1.807) is 7.11 Å². The van der Waals surface area contributed by atoms with E-state index in [1.807, 2.05) is 35.2 Å². The number of benzene rings is 3. The first-order valence-corrected chi connectivity index (χ1v) is 10.8. The highest BCUT2D eigenvalue weighted by molar-refractivity contribution is 6.02. The summed E-state index contributed by atoms with van der Waals surface area (Å²) in [6.45, 7) is 2.85. The molecule has 4 nitrogen and oxygen atoms in total. The van der Waals surface area contributed by atoms with Gasteiger partial charge in [-0.15, -0.1) is 0 Å². The number of ether oxygens (including phenoxy) is 1. The molecule has 1 amide bonds. The van der Waals surface area contributed by atoms with Gasteiger partial charge in [0, 0.05) is 41.2 Å². The zero-order valence-corrected chi connectivity index (χ0v) is 18.1. The fourth-order valence-electron chi connectivity index (χ4n) is 4.97. The molecule has 0 fully saturated rings. The molecule has 1 aromatic heterocycles. The SMILES string of the molecule is CCCN1C(=O)c2ccccc2[C@@H]1c1c(-c2cccc(OC)c2)n(C)c2ccccc12. The van der Waals surface area contributed by atoms with Crippen LogP contribution in [0, 0.1) is 0 Å². The summed E-state index contributed by atoms with van der Waals surface area (Å²) in [5.41, 5.74) is 6.44. The van der Waals surface area contributed by atoms with Crippen LogP contribution in [0.5, 0.6) is 5.75 Å². The van der Waals surface area contributed by atoms with Gasteiger partial charge < -0.3 is 14.2 Å². The summed E-state index contributed by atoms with van der Waals surface area (Å²) in [6.07, 6.45) is 0.912. The Morgan fingerprint density at radius 2 is 1.74 bits per heavy atom. The number of methoxy groups -OCH3 is 1. The molecular weight excluding hydrogens is 384 g/mol. The van der Waals surface area contributed by atoms with Crippen molar-refractivity contribution in [2.24, 2.45) is 7.05 Å². The maximum Gasteiger partial charge on any atom is 0.255 e. The highest BCUT2D eigenvalue weighted by Gasteiger charge is 2.40. The van der Waals surface area contributed by atoms with Gasteiger partial charge in [-0.1, -0.05) is 55.5 Å². The first kappa shape index (κ1) is 19.4. The Hall–Kier alpha value is -3.53. The van der Waals surface area contributed by atoms with Crippen LogP contribution in [0.15, 0.2) is 72.8 Å². The second-order valence-corrected chi connectivity index (χ2v) is 8.06. The second kappa shape index (κ2) is 7.62.